The van der Waals surface area contributed by atoms with Crippen LogP contribution in [-0.4, -0.2) is 0 Å². The molecule has 0 spiro atoms. The Labute approximate surface area is 249 Å². The first-order valence-electron chi connectivity index (χ1n) is 7.82. The van der Waals surface area contributed by atoms with Gasteiger partial charge in [0.05, 0.1) is 0 Å². The maximum atomic E-state index is 3.83. The van der Waals surface area contributed by atoms with Gasteiger partial charge < -0.3 is 0 Å². The zero-order chi connectivity index (χ0) is 20.1. The molecule has 8 heteroatoms. The Hall–Kier alpha value is 2.24. The smallest absolute Gasteiger partial charge is 0.0276 e. The average molecular weight is 1070 g/mol. The lowest BCUT2D eigenvalue weighted by molar-refractivity contribution is 1.63. The van der Waals surface area contributed by atoms with Gasteiger partial charge in [0, 0.05) is 75.3 Å². The van der Waals surface area contributed by atoms with Crippen LogP contribution in [0, 0.1) is 14.3 Å². The Kier molecular flexibility index (Phi) is 6.24. The third-order valence-corrected chi connectivity index (χ3v) is 10.8. The summed E-state index contributed by atoms with van der Waals surface area (Å²) in [7, 11) is 0. The lowest BCUT2D eigenvalue weighted by atomic mass is 9.90. The van der Waals surface area contributed by atoms with Crippen LogP contribution in [0.2, 0.25) is 0 Å². The van der Waals surface area contributed by atoms with Crippen LogP contribution in [0.25, 0.3) is 43.1 Å². The van der Waals surface area contributed by atoms with E-state index < -0.39 is 0 Å². The first kappa shape index (κ1) is 22.1. The summed E-state index contributed by atoms with van der Waals surface area (Å²) in [5.41, 5.74) is 0. The number of halogens is 8. The van der Waals surface area contributed by atoms with Crippen LogP contribution in [0.5, 0.6) is 0 Å². The molecule has 0 saturated carbocycles. The highest BCUT2D eigenvalue weighted by Crippen LogP contribution is 2.51. The van der Waals surface area contributed by atoms with Gasteiger partial charge in [-0.1, -0.05) is 63.7 Å². The van der Waals surface area contributed by atoms with Crippen molar-refractivity contribution in [2.24, 2.45) is 0 Å². The van der Waals surface area contributed by atoms with E-state index in [2.05, 4.69) is 178 Å². The maximum absolute atomic E-state index is 3.83. The molecule has 5 aromatic rings. The van der Waals surface area contributed by atoms with Crippen LogP contribution >= 0.6 is 154 Å². The number of hydrogen-bond donors (Lipinski definition) is 0. The van der Waals surface area contributed by atoms with Gasteiger partial charge >= 0.3 is 0 Å². The van der Waals surface area contributed by atoms with E-state index in [0.29, 0.717) is 0 Å². The van der Waals surface area contributed by atoms with E-state index >= 15 is 0 Å². The molecule has 140 valence electrons. The second-order valence-corrected chi connectivity index (χ2v) is 14.4. The Morgan fingerprint density at radius 2 is 0.571 bits per heavy atom. The van der Waals surface area contributed by atoms with Gasteiger partial charge in [0.2, 0.25) is 0 Å². The molecule has 0 bridgehead atoms. The summed E-state index contributed by atoms with van der Waals surface area (Å²) in [6.07, 6.45) is 0. The zero-order valence-electron chi connectivity index (χ0n) is 13.3. The molecule has 0 atom stereocenters. The van der Waals surface area contributed by atoms with Crippen molar-refractivity contribution in [1.29, 1.82) is 0 Å². The van der Waals surface area contributed by atoms with Crippen LogP contribution in [0.1, 0.15) is 0 Å². The predicted molar refractivity (Wildman–Crippen MR) is 169 cm³/mol. The van der Waals surface area contributed by atoms with Crippen molar-refractivity contribution >= 4 is 197 Å². The third-order valence-electron chi connectivity index (χ3n) is 4.92. The Bertz CT molecular complexity index is 1280. The van der Waals surface area contributed by atoms with Gasteiger partial charge in [0.15, 0.2) is 0 Å². The minimum atomic E-state index is 1.12. The molecule has 0 radical (unpaired) electrons. The van der Waals surface area contributed by atoms with Crippen molar-refractivity contribution in [2.75, 3.05) is 0 Å². The molecular weight excluding hydrogens is 1070 g/mol. The fourth-order valence-corrected chi connectivity index (χ4v) is 12.1. The topological polar surface area (TPSA) is 0 Å². The summed E-state index contributed by atoms with van der Waals surface area (Å²) in [6, 6.07) is 8.93. The molecule has 5 aromatic carbocycles. The third kappa shape index (κ3) is 3.10. The van der Waals surface area contributed by atoms with Gasteiger partial charge in [-0.3, -0.25) is 0 Å². The van der Waals surface area contributed by atoms with Gasteiger partial charge in [-0.15, -0.1) is 0 Å². The summed E-state index contributed by atoms with van der Waals surface area (Å²) in [4.78, 5) is 0. The van der Waals surface area contributed by atoms with Crippen molar-refractivity contribution in [1.82, 2.24) is 0 Å². The van der Waals surface area contributed by atoms with E-state index in [0.717, 1.165) is 17.9 Å². The monoisotopic (exact) mass is 1070 g/mol. The molecule has 0 aliphatic carbocycles. The van der Waals surface area contributed by atoms with Crippen molar-refractivity contribution in [3.05, 3.63) is 56.4 Å². The molecule has 0 amide bonds. The lowest BCUT2D eigenvalue weighted by Gasteiger charge is -2.21. The van der Waals surface area contributed by atoms with Gasteiger partial charge in [-0.2, -0.15) is 0 Å². The van der Waals surface area contributed by atoms with Gasteiger partial charge in [0.25, 0.3) is 0 Å². The molecule has 0 saturated heterocycles. The van der Waals surface area contributed by atoms with Crippen LogP contribution in [-0.2, 0) is 0 Å². The van der Waals surface area contributed by atoms with Crippen LogP contribution in [0.4, 0.5) is 0 Å². The fraction of sp³-hybridized carbons (Fsp3) is 0. The molecule has 0 N–H and O–H groups in total. The van der Waals surface area contributed by atoms with Crippen LogP contribution in [0.3, 0.4) is 0 Å². The number of rotatable bonds is 0. The second kappa shape index (κ2) is 7.93. The zero-order valence-corrected chi connectivity index (χ0v) is 28.3. The van der Waals surface area contributed by atoms with E-state index in [-0.39, 0.29) is 0 Å². The number of benzene rings is 5. The quantitative estimate of drug-likeness (QED) is 0.0824. The van der Waals surface area contributed by atoms with Gasteiger partial charge in [0.1, 0.15) is 0 Å². The molecule has 0 nitrogen and oxygen atoms in total. The van der Waals surface area contributed by atoms with E-state index in [1.807, 2.05) is 0 Å². The van der Waals surface area contributed by atoms with Crippen molar-refractivity contribution in [3.8, 4) is 0 Å². The molecule has 0 heterocycles. The summed E-state index contributed by atoms with van der Waals surface area (Å²) >= 11 is 25.2. The minimum absolute atomic E-state index is 1.12. The van der Waals surface area contributed by atoms with Crippen LogP contribution in [0.15, 0.2) is 42.2 Å². The Morgan fingerprint density at radius 3 is 0.786 bits per heavy atom. The Morgan fingerprint density at radius 1 is 0.357 bits per heavy atom. The lowest BCUT2D eigenvalue weighted by Crippen LogP contribution is -1.97. The normalized spacial score (nSPS) is 12.3. The van der Waals surface area contributed by atoms with Gasteiger partial charge in [-0.25, -0.2) is 0 Å². The largest absolute Gasteiger partial charge is 0.0501 e. The maximum Gasteiger partial charge on any atom is 0.0276 e. The van der Waals surface area contributed by atoms with Crippen molar-refractivity contribution < 1.29 is 0 Å². The highest BCUT2D eigenvalue weighted by atomic mass is 127. The first-order chi connectivity index (χ1) is 13.2. The molecule has 28 heavy (non-hydrogen) atoms. The first-order valence-corrected chi connectivity index (χ1v) is 15.3. The molecule has 0 aliphatic heterocycles. The van der Waals surface area contributed by atoms with Crippen LogP contribution < -0.4 is 0 Å². The number of fused-ring (bicyclic) bond motifs is 2. The van der Waals surface area contributed by atoms with E-state index in [9.17, 15) is 0 Å². The van der Waals surface area contributed by atoms with E-state index in [1.165, 1.54) is 57.4 Å². The summed E-state index contributed by atoms with van der Waals surface area (Å²) < 4.78 is 9.53. The molecular formula is C20H4Br4I4. The van der Waals surface area contributed by atoms with Crippen molar-refractivity contribution in [3.63, 3.8) is 0 Å². The Balaban J connectivity index is 2.38. The summed E-state index contributed by atoms with van der Waals surface area (Å²) in [5, 5.41) is 10.4. The summed E-state index contributed by atoms with van der Waals surface area (Å²) in [6.45, 7) is 0. The highest BCUT2D eigenvalue weighted by molar-refractivity contribution is 14.1. The van der Waals surface area contributed by atoms with Crippen molar-refractivity contribution in [2.45, 2.75) is 0 Å². The summed E-state index contributed by atoms with van der Waals surface area (Å²) in [5.74, 6) is 0. The van der Waals surface area contributed by atoms with E-state index in [1.54, 1.807) is 0 Å². The molecule has 5 rings (SSSR count). The second-order valence-electron chi connectivity index (χ2n) is 6.36. The standard InChI is InChI=1S/C20H4Br4I4/c21-5-1-9(25)15-16-10(26)3-7(23)14-8(24)4-12(28)18(20(14)16)17-11(27)2-6(22)13(5)19(15)17/h1-4H. The van der Waals surface area contributed by atoms with Gasteiger partial charge in [-0.05, 0) is 115 Å². The SMILES string of the molecule is Brc1cc(I)c2c3c(I)cc(Br)c4c(Br)cc(I)c(c5c(I)cc(Br)c1c25)c43. The van der Waals surface area contributed by atoms with E-state index in [4.69, 9.17) is 0 Å². The average Bonchev–Trinajstić information content (AvgIpc) is 2.58. The molecule has 0 fully saturated rings. The predicted octanol–water partition coefficient (Wildman–Crippen LogP) is 11.2. The molecule has 0 aromatic heterocycles. The molecule has 0 aliphatic rings. The highest BCUT2D eigenvalue weighted by Gasteiger charge is 2.24. The minimum Gasteiger partial charge on any atom is -0.0501 e. The fourth-order valence-electron chi connectivity index (χ4n) is 3.93. The number of hydrogen-bond acceptors (Lipinski definition) is 0. The molecule has 0 unspecified atom stereocenters.